The van der Waals surface area contributed by atoms with Gasteiger partial charge in [0, 0.05) is 6.61 Å². The average molecular weight is 238 g/mol. The first kappa shape index (κ1) is 14.5. The van der Waals surface area contributed by atoms with Crippen molar-refractivity contribution in [2.45, 2.75) is 70.4 Å². The molecule has 1 N–H and O–H groups in total. The summed E-state index contributed by atoms with van der Waals surface area (Å²) < 4.78 is 5.70. The molecule has 3 heteroatoms. The molecule has 0 aromatic carbocycles. The molecule has 0 aromatic heterocycles. The van der Waals surface area contributed by atoms with E-state index in [9.17, 15) is 0 Å². The molecule has 1 saturated carbocycles. The second-order valence-corrected chi connectivity index (χ2v) is 5.25. The van der Waals surface area contributed by atoms with E-state index in [1.807, 2.05) is 6.92 Å². The number of nitriles is 1. The summed E-state index contributed by atoms with van der Waals surface area (Å²) in [5.74, 6) is 0. The molecule has 0 aromatic rings. The molecule has 3 nitrogen and oxygen atoms in total. The Morgan fingerprint density at radius 3 is 2.71 bits per heavy atom. The number of nitrogens with one attached hydrogen (secondary N) is 1. The molecule has 0 bridgehead atoms. The molecule has 1 aliphatic rings. The minimum absolute atomic E-state index is 0.355. The lowest BCUT2D eigenvalue weighted by Gasteiger charge is -2.26. The van der Waals surface area contributed by atoms with Crippen molar-refractivity contribution in [2.75, 3.05) is 13.2 Å². The molecule has 0 spiro atoms. The molecule has 1 atom stereocenters. The molecule has 0 radical (unpaired) electrons. The monoisotopic (exact) mass is 238 g/mol. The summed E-state index contributed by atoms with van der Waals surface area (Å²) in [6, 6.07) is 2.38. The Bertz CT molecular complexity index is 245. The lowest BCUT2D eigenvalue weighted by Crippen LogP contribution is -2.41. The van der Waals surface area contributed by atoms with Crippen molar-refractivity contribution in [3.05, 3.63) is 0 Å². The summed E-state index contributed by atoms with van der Waals surface area (Å²) >= 11 is 0. The van der Waals surface area contributed by atoms with Crippen LogP contribution in [0.1, 0.15) is 58.8 Å². The molecular formula is C14H26N2O. The van der Waals surface area contributed by atoms with Crippen molar-refractivity contribution >= 4 is 0 Å². The van der Waals surface area contributed by atoms with Gasteiger partial charge in [-0.05, 0) is 58.4 Å². The van der Waals surface area contributed by atoms with Crippen LogP contribution in [0.3, 0.4) is 0 Å². The van der Waals surface area contributed by atoms with E-state index >= 15 is 0 Å². The number of nitrogens with zero attached hydrogens (tertiary/aromatic N) is 1. The molecule has 17 heavy (non-hydrogen) atoms. The molecule has 0 saturated heterocycles. The summed E-state index contributed by atoms with van der Waals surface area (Å²) in [5, 5.41) is 12.5. The molecule has 0 heterocycles. The standard InChI is InChI=1S/C14H26N2O/c1-3-10-16-14(2,12-15)9-4-5-11-17-13-7-6-8-13/h13,16H,3-11H2,1-2H3. The van der Waals surface area contributed by atoms with Crippen LogP contribution in [0.15, 0.2) is 0 Å². The van der Waals surface area contributed by atoms with Gasteiger partial charge in [-0.3, -0.25) is 5.32 Å². The highest BCUT2D eigenvalue weighted by atomic mass is 16.5. The molecule has 1 fully saturated rings. The number of hydrogen-bond acceptors (Lipinski definition) is 3. The van der Waals surface area contributed by atoms with E-state index < -0.39 is 0 Å². The van der Waals surface area contributed by atoms with Crippen LogP contribution in [0.2, 0.25) is 0 Å². The van der Waals surface area contributed by atoms with Crippen molar-refractivity contribution in [1.82, 2.24) is 5.32 Å². The fraction of sp³-hybridized carbons (Fsp3) is 0.929. The van der Waals surface area contributed by atoms with Crippen molar-refractivity contribution in [1.29, 1.82) is 5.26 Å². The van der Waals surface area contributed by atoms with Gasteiger partial charge in [0.05, 0.1) is 12.2 Å². The van der Waals surface area contributed by atoms with Gasteiger partial charge < -0.3 is 4.74 Å². The van der Waals surface area contributed by atoms with Gasteiger partial charge in [-0.1, -0.05) is 6.92 Å². The van der Waals surface area contributed by atoms with E-state index in [-0.39, 0.29) is 5.54 Å². The summed E-state index contributed by atoms with van der Waals surface area (Å²) in [7, 11) is 0. The summed E-state index contributed by atoms with van der Waals surface area (Å²) in [4.78, 5) is 0. The Morgan fingerprint density at radius 1 is 1.41 bits per heavy atom. The maximum absolute atomic E-state index is 9.16. The van der Waals surface area contributed by atoms with Crippen LogP contribution in [0.5, 0.6) is 0 Å². The Hall–Kier alpha value is -0.590. The minimum atomic E-state index is -0.355. The van der Waals surface area contributed by atoms with Crippen molar-refractivity contribution in [2.24, 2.45) is 0 Å². The second kappa shape index (κ2) is 7.68. The first-order valence-electron chi connectivity index (χ1n) is 6.98. The third kappa shape index (κ3) is 5.52. The van der Waals surface area contributed by atoms with Gasteiger partial charge in [0.25, 0.3) is 0 Å². The highest BCUT2D eigenvalue weighted by Gasteiger charge is 2.22. The average Bonchev–Trinajstić information content (AvgIpc) is 2.28. The highest BCUT2D eigenvalue weighted by Crippen LogP contribution is 2.22. The molecule has 0 amide bonds. The van der Waals surface area contributed by atoms with Crippen molar-refractivity contribution < 1.29 is 4.74 Å². The van der Waals surface area contributed by atoms with Gasteiger partial charge in [-0.2, -0.15) is 5.26 Å². The van der Waals surface area contributed by atoms with Gasteiger partial charge >= 0.3 is 0 Å². The van der Waals surface area contributed by atoms with E-state index in [0.29, 0.717) is 6.10 Å². The minimum Gasteiger partial charge on any atom is -0.378 e. The molecule has 0 aliphatic heterocycles. The van der Waals surface area contributed by atoms with E-state index in [2.05, 4.69) is 18.3 Å². The maximum Gasteiger partial charge on any atom is 0.103 e. The fourth-order valence-electron chi connectivity index (χ4n) is 1.95. The topological polar surface area (TPSA) is 45.0 Å². The molecule has 1 unspecified atom stereocenters. The maximum atomic E-state index is 9.16. The molecule has 1 aliphatic carbocycles. The van der Waals surface area contributed by atoms with Crippen LogP contribution in [0.4, 0.5) is 0 Å². The summed E-state index contributed by atoms with van der Waals surface area (Å²) in [5.41, 5.74) is -0.355. The predicted octanol–water partition coefficient (Wildman–Crippen LogP) is 3.01. The predicted molar refractivity (Wildman–Crippen MR) is 69.8 cm³/mol. The van der Waals surface area contributed by atoms with Gasteiger partial charge in [0.15, 0.2) is 0 Å². The highest BCUT2D eigenvalue weighted by molar-refractivity contribution is 5.03. The Labute approximate surface area is 106 Å². The zero-order chi connectivity index (χ0) is 12.6. The van der Waals surface area contributed by atoms with Gasteiger partial charge in [-0.25, -0.2) is 0 Å². The van der Waals surface area contributed by atoms with Crippen LogP contribution in [-0.4, -0.2) is 24.8 Å². The third-order valence-corrected chi connectivity index (χ3v) is 3.49. The lowest BCUT2D eigenvalue weighted by molar-refractivity contribution is 0.000336. The van der Waals surface area contributed by atoms with Gasteiger partial charge in [-0.15, -0.1) is 0 Å². The van der Waals surface area contributed by atoms with Crippen LogP contribution < -0.4 is 5.32 Å². The quantitative estimate of drug-likeness (QED) is 0.628. The SMILES string of the molecule is CCCNC(C)(C#N)CCCCOC1CCC1. The van der Waals surface area contributed by atoms with Gasteiger partial charge in [0.2, 0.25) is 0 Å². The lowest BCUT2D eigenvalue weighted by atomic mass is 9.95. The normalized spacial score (nSPS) is 19.4. The number of hydrogen-bond donors (Lipinski definition) is 1. The zero-order valence-corrected chi connectivity index (χ0v) is 11.3. The van der Waals surface area contributed by atoms with E-state index in [1.54, 1.807) is 0 Å². The second-order valence-electron chi connectivity index (χ2n) is 5.25. The fourth-order valence-corrected chi connectivity index (χ4v) is 1.95. The van der Waals surface area contributed by atoms with Crippen LogP contribution in [0, 0.1) is 11.3 Å². The number of unbranched alkanes of at least 4 members (excludes halogenated alkanes) is 1. The largest absolute Gasteiger partial charge is 0.378 e. The first-order chi connectivity index (χ1) is 8.20. The Balaban J connectivity index is 2.03. The zero-order valence-electron chi connectivity index (χ0n) is 11.3. The number of ether oxygens (including phenoxy) is 1. The third-order valence-electron chi connectivity index (χ3n) is 3.49. The smallest absolute Gasteiger partial charge is 0.103 e. The van der Waals surface area contributed by atoms with E-state index in [1.165, 1.54) is 19.3 Å². The van der Waals surface area contributed by atoms with Crippen LogP contribution >= 0.6 is 0 Å². The van der Waals surface area contributed by atoms with E-state index in [0.717, 1.165) is 38.8 Å². The summed E-state index contributed by atoms with van der Waals surface area (Å²) in [6.07, 6.45) is 8.48. The van der Waals surface area contributed by atoms with Crippen LogP contribution in [0.25, 0.3) is 0 Å². The molecular weight excluding hydrogens is 212 g/mol. The van der Waals surface area contributed by atoms with Crippen molar-refractivity contribution in [3.8, 4) is 6.07 Å². The Morgan fingerprint density at radius 2 is 2.18 bits per heavy atom. The first-order valence-corrected chi connectivity index (χ1v) is 6.98. The number of rotatable bonds is 9. The molecule has 1 rings (SSSR count). The molecule has 98 valence electrons. The van der Waals surface area contributed by atoms with Crippen LogP contribution in [-0.2, 0) is 4.74 Å². The van der Waals surface area contributed by atoms with E-state index in [4.69, 9.17) is 10.00 Å². The summed E-state index contributed by atoms with van der Waals surface area (Å²) in [6.45, 7) is 5.90. The Kier molecular flexibility index (Phi) is 6.54. The van der Waals surface area contributed by atoms with Crippen molar-refractivity contribution in [3.63, 3.8) is 0 Å². The van der Waals surface area contributed by atoms with Gasteiger partial charge in [0.1, 0.15) is 5.54 Å².